The van der Waals surface area contributed by atoms with Crippen molar-refractivity contribution in [3.05, 3.63) is 95.1 Å². The van der Waals surface area contributed by atoms with Crippen LogP contribution in [0, 0.1) is 13.8 Å². The van der Waals surface area contributed by atoms with Crippen molar-refractivity contribution in [1.82, 2.24) is 0 Å². The third-order valence-electron chi connectivity index (χ3n) is 3.83. The Hall–Kier alpha value is -2.82. The molecule has 0 bridgehead atoms. The van der Waals surface area contributed by atoms with Crippen LogP contribution in [0.1, 0.15) is 63.8 Å². The highest BCUT2D eigenvalue weighted by molar-refractivity contribution is 5.27. The lowest BCUT2D eigenvalue weighted by atomic mass is 10.2. The third-order valence-corrected chi connectivity index (χ3v) is 3.83. The fourth-order valence-corrected chi connectivity index (χ4v) is 2.25. The van der Waals surface area contributed by atoms with Crippen LogP contribution in [0.4, 0.5) is 0 Å². The van der Waals surface area contributed by atoms with Crippen LogP contribution in [0.25, 0.3) is 0 Å². The maximum Gasteiger partial charge on any atom is 0.165 e. The van der Waals surface area contributed by atoms with Crippen molar-refractivity contribution in [2.45, 2.75) is 68.6 Å². The van der Waals surface area contributed by atoms with E-state index in [1.165, 1.54) is 11.1 Å². The van der Waals surface area contributed by atoms with E-state index >= 15 is 0 Å². The van der Waals surface area contributed by atoms with E-state index in [4.69, 9.17) is 19.6 Å². The first-order valence-corrected chi connectivity index (χ1v) is 11.5. The van der Waals surface area contributed by atoms with Crippen molar-refractivity contribution in [2.24, 2.45) is 0 Å². The van der Waals surface area contributed by atoms with Gasteiger partial charge in [-0.15, -0.1) is 0 Å². The van der Waals surface area contributed by atoms with E-state index in [9.17, 15) is 0 Å². The molecule has 0 spiro atoms. The normalized spacial score (nSPS) is 9.12. The van der Waals surface area contributed by atoms with Crippen molar-refractivity contribution in [3.8, 4) is 11.5 Å². The summed E-state index contributed by atoms with van der Waals surface area (Å²) in [7, 11) is 0. The number of rotatable bonds is 8. The predicted molar refractivity (Wildman–Crippen MR) is 134 cm³/mol. The first-order valence-electron chi connectivity index (χ1n) is 11.5. The molecular weight excluding hydrogens is 400 g/mol. The van der Waals surface area contributed by atoms with Gasteiger partial charge in [0, 0.05) is 0 Å². The molecule has 0 fully saturated rings. The minimum Gasteiger partial charge on any atom is -0.337 e. The average molecular weight is 441 g/mol. The predicted octanol–water partition coefficient (Wildman–Crippen LogP) is 8.40. The Labute approximate surface area is 195 Å². The number of benzene rings is 3. The van der Waals surface area contributed by atoms with E-state index in [0.29, 0.717) is 24.7 Å². The summed E-state index contributed by atoms with van der Waals surface area (Å²) in [4.78, 5) is 21.1. The van der Waals surface area contributed by atoms with E-state index < -0.39 is 0 Å². The summed E-state index contributed by atoms with van der Waals surface area (Å²) in [5.41, 5.74) is 4.44. The van der Waals surface area contributed by atoms with Gasteiger partial charge in [0.05, 0.1) is 0 Å². The summed E-state index contributed by atoms with van der Waals surface area (Å²) in [6.07, 6.45) is 0. The summed E-state index contributed by atoms with van der Waals surface area (Å²) in [5, 5.41) is 0. The number of hydrogen-bond acceptors (Lipinski definition) is 4. The van der Waals surface area contributed by atoms with E-state index in [-0.39, 0.29) is 0 Å². The Morgan fingerprint density at radius 2 is 0.719 bits per heavy atom. The Balaban J connectivity index is 0.00000148. The molecule has 0 heterocycles. The van der Waals surface area contributed by atoms with Gasteiger partial charge in [-0.1, -0.05) is 101 Å². The van der Waals surface area contributed by atoms with Gasteiger partial charge in [0.1, 0.15) is 13.2 Å². The molecule has 3 aromatic rings. The standard InChI is InChI=1S/C22H22O4.3C2H6/c1-17-3-7-19(8-4-17)15-23-26-22-13-9-20(10-14-22)16-24-25-21-11-5-18(2)6-12-21;3*1-2/h3-14H,15-16H2,1-2H3;3*1-2H3. The van der Waals surface area contributed by atoms with Gasteiger partial charge in [-0.05, 0) is 49.2 Å². The van der Waals surface area contributed by atoms with Gasteiger partial charge in [0.25, 0.3) is 0 Å². The molecule has 0 amide bonds. The first-order chi connectivity index (χ1) is 15.7. The highest BCUT2D eigenvalue weighted by atomic mass is 17.2. The van der Waals surface area contributed by atoms with Crippen molar-refractivity contribution < 1.29 is 19.6 Å². The number of hydrogen-bond donors (Lipinski definition) is 0. The van der Waals surface area contributed by atoms with E-state index in [2.05, 4.69) is 6.92 Å². The zero-order chi connectivity index (χ0) is 24.2. The molecule has 0 aromatic heterocycles. The van der Waals surface area contributed by atoms with Crippen LogP contribution in [0.15, 0.2) is 72.8 Å². The molecule has 0 saturated heterocycles. The fraction of sp³-hybridized carbons (Fsp3) is 0.357. The second-order valence-corrected chi connectivity index (χ2v) is 6.13. The van der Waals surface area contributed by atoms with E-state index in [0.717, 1.165) is 11.1 Å². The molecule has 0 atom stereocenters. The van der Waals surface area contributed by atoms with Crippen LogP contribution in [-0.4, -0.2) is 0 Å². The van der Waals surface area contributed by atoms with Gasteiger partial charge >= 0.3 is 0 Å². The molecule has 0 aliphatic rings. The summed E-state index contributed by atoms with van der Waals surface area (Å²) >= 11 is 0. The summed E-state index contributed by atoms with van der Waals surface area (Å²) in [6.45, 7) is 16.8. The molecule has 0 saturated carbocycles. The quantitative estimate of drug-likeness (QED) is 0.260. The second-order valence-electron chi connectivity index (χ2n) is 6.13. The maximum absolute atomic E-state index is 5.31. The highest BCUT2D eigenvalue weighted by Crippen LogP contribution is 2.16. The highest BCUT2D eigenvalue weighted by Gasteiger charge is 2.00. The monoisotopic (exact) mass is 440 g/mol. The van der Waals surface area contributed by atoms with Crippen molar-refractivity contribution in [2.75, 3.05) is 0 Å². The van der Waals surface area contributed by atoms with E-state index in [1.54, 1.807) is 0 Å². The largest absolute Gasteiger partial charge is 0.337 e. The third kappa shape index (κ3) is 12.1. The molecule has 4 nitrogen and oxygen atoms in total. The minimum atomic E-state index is 0.346. The molecule has 176 valence electrons. The van der Waals surface area contributed by atoms with Gasteiger partial charge in [0.2, 0.25) is 0 Å². The molecular formula is C28H40O4. The van der Waals surface area contributed by atoms with Crippen LogP contribution < -0.4 is 9.78 Å². The molecule has 32 heavy (non-hydrogen) atoms. The Morgan fingerprint density at radius 3 is 1.09 bits per heavy atom. The maximum atomic E-state index is 5.31. The van der Waals surface area contributed by atoms with Crippen LogP contribution in [0.3, 0.4) is 0 Å². The van der Waals surface area contributed by atoms with Crippen molar-refractivity contribution in [3.63, 3.8) is 0 Å². The van der Waals surface area contributed by atoms with Crippen LogP contribution in [0.2, 0.25) is 0 Å². The molecule has 0 aliphatic carbocycles. The molecule has 3 aromatic carbocycles. The summed E-state index contributed by atoms with van der Waals surface area (Å²) in [5.74, 6) is 1.32. The van der Waals surface area contributed by atoms with Gasteiger partial charge < -0.3 is 9.78 Å². The van der Waals surface area contributed by atoms with E-state index in [1.807, 2.05) is 121 Å². The smallest absolute Gasteiger partial charge is 0.165 e. The van der Waals surface area contributed by atoms with Crippen LogP contribution in [-0.2, 0) is 23.0 Å². The zero-order valence-corrected chi connectivity index (χ0v) is 21.0. The molecule has 3 rings (SSSR count). The minimum absolute atomic E-state index is 0.346. The molecule has 4 heteroatoms. The topological polar surface area (TPSA) is 36.9 Å². The van der Waals surface area contributed by atoms with Crippen LogP contribution >= 0.6 is 0 Å². The second kappa shape index (κ2) is 18.9. The lowest BCUT2D eigenvalue weighted by Gasteiger charge is -2.07. The molecule has 0 N–H and O–H groups in total. The average Bonchev–Trinajstić information content (AvgIpc) is 2.86. The lowest BCUT2D eigenvalue weighted by Crippen LogP contribution is -1.99. The first kappa shape index (κ1) is 29.2. The summed E-state index contributed by atoms with van der Waals surface area (Å²) < 4.78 is 0. The summed E-state index contributed by atoms with van der Waals surface area (Å²) in [6, 6.07) is 23.3. The Kier molecular flexibility index (Phi) is 17.2. The van der Waals surface area contributed by atoms with Crippen LogP contribution in [0.5, 0.6) is 11.5 Å². The Morgan fingerprint density at radius 1 is 0.438 bits per heavy atom. The van der Waals surface area contributed by atoms with Crippen molar-refractivity contribution in [1.29, 1.82) is 0 Å². The zero-order valence-electron chi connectivity index (χ0n) is 21.0. The molecule has 0 radical (unpaired) electrons. The molecule has 0 unspecified atom stereocenters. The number of aryl methyl sites for hydroxylation is 2. The van der Waals surface area contributed by atoms with Gasteiger partial charge in [-0.25, -0.2) is 0 Å². The fourth-order valence-electron chi connectivity index (χ4n) is 2.25. The van der Waals surface area contributed by atoms with Crippen molar-refractivity contribution >= 4 is 0 Å². The molecule has 0 aliphatic heterocycles. The van der Waals surface area contributed by atoms with Gasteiger partial charge in [0.15, 0.2) is 11.5 Å². The van der Waals surface area contributed by atoms with Gasteiger partial charge in [-0.3, -0.25) is 0 Å². The Bertz CT molecular complexity index is 724. The lowest BCUT2D eigenvalue weighted by molar-refractivity contribution is -0.218. The van der Waals surface area contributed by atoms with Gasteiger partial charge in [-0.2, -0.15) is 9.78 Å². The SMILES string of the molecule is CC.CC.CC.Cc1ccc(COOc2ccc(COOc3ccc(C)cc3)cc2)cc1.